The molecule has 2 heterocycles. The molecule has 2 aromatic heterocycles. The lowest BCUT2D eigenvalue weighted by molar-refractivity contribution is 0.227. The first-order chi connectivity index (χ1) is 13.2. The van der Waals surface area contributed by atoms with E-state index in [1.165, 1.54) is 25.7 Å². The van der Waals surface area contributed by atoms with E-state index in [1.54, 1.807) is 23.1 Å². The van der Waals surface area contributed by atoms with Gasteiger partial charge in [-0.15, -0.1) is 0 Å². The van der Waals surface area contributed by atoms with Crippen molar-refractivity contribution in [1.29, 1.82) is 0 Å². The second-order valence-electron chi connectivity index (χ2n) is 8.37. The van der Waals surface area contributed by atoms with E-state index >= 15 is 0 Å². The average molecular weight is 367 g/mol. The summed E-state index contributed by atoms with van der Waals surface area (Å²) in [6.45, 7) is 2.37. The first-order valence-electron chi connectivity index (χ1n) is 10.5. The smallest absolute Gasteiger partial charge is 0.267 e. The van der Waals surface area contributed by atoms with Gasteiger partial charge in [0.2, 0.25) is 0 Å². The van der Waals surface area contributed by atoms with Gasteiger partial charge in [-0.05, 0) is 75.5 Å². The summed E-state index contributed by atoms with van der Waals surface area (Å²) in [6.07, 6.45) is 13.2. The van der Waals surface area contributed by atoms with E-state index in [-0.39, 0.29) is 11.6 Å². The Kier molecular flexibility index (Phi) is 5.67. The van der Waals surface area contributed by atoms with Crippen LogP contribution in [0.25, 0.3) is 11.3 Å². The predicted octanol–water partition coefficient (Wildman–Crippen LogP) is 3.96. The van der Waals surface area contributed by atoms with Crippen molar-refractivity contribution in [2.45, 2.75) is 76.4 Å². The molecule has 0 unspecified atom stereocenters. The zero-order chi connectivity index (χ0) is 18.6. The van der Waals surface area contributed by atoms with Crippen LogP contribution in [0.3, 0.4) is 0 Å². The number of pyridine rings is 1. The van der Waals surface area contributed by atoms with Gasteiger partial charge in [0.05, 0.1) is 11.7 Å². The molecule has 0 saturated heterocycles. The number of hydrogen-bond donors (Lipinski definition) is 1. The van der Waals surface area contributed by atoms with Gasteiger partial charge in [0.1, 0.15) is 0 Å². The van der Waals surface area contributed by atoms with Crippen molar-refractivity contribution in [3.63, 3.8) is 0 Å². The second-order valence-corrected chi connectivity index (χ2v) is 8.37. The zero-order valence-corrected chi connectivity index (χ0v) is 16.2. The van der Waals surface area contributed by atoms with Gasteiger partial charge >= 0.3 is 0 Å². The Hall–Kier alpha value is -2.01. The van der Waals surface area contributed by atoms with Crippen LogP contribution in [0.2, 0.25) is 0 Å². The summed E-state index contributed by atoms with van der Waals surface area (Å²) in [7, 11) is 0. The van der Waals surface area contributed by atoms with E-state index in [9.17, 15) is 4.79 Å². The van der Waals surface area contributed by atoms with E-state index in [0.29, 0.717) is 12.1 Å². The van der Waals surface area contributed by atoms with Gasteiger partial charge in [-0.3, -0.25) is 9.78 Å². The maximum absolute atomic E-state index is 12.4. The fraction of sp³-hybridized carbons (Fsp3) is 0.591. The highest BCUT2D eigenvalue weighted by Crippen LogP contribution is 2.30. The minimum Gasteiger partial charge on any atom is -0.311 e. The standard InChI is InChI=1S/C22H30N4O/c1-16-2-4-18(5-3-16)24-19-6-8-20(9-7-19)26-22(27)11-10-21(25-26)17-12-14-23-15-13-17/h10-16,18-20,24H,2-9H2,1H3. The minimum atomic E-state index is 0.00508. The van der Waals surface area contributed by atoms with Crippen LogP contribution in [0.1, 0.15) is 64.3 Å². The molecule has 2 saturated carbocycles. The highest BCUT2D eigenvalue weighted by atomic mass is 16.1. The first kappa shape index (κ1) is 18.4. The molecule has 1 N–H and O–H groups in total. The Morgan fingerprint density at radius 2 is 1.52 bits per heavy atom. The molecule has 0 radical (unpaired) electrons. The first-order valence-corrected chi connectivity index (χ1v) is 10.5. The Morgan fingerprint density at radius 1 is 0.889 bits per heavy atom. The summed E-state index contributed by atoms with van der Waals surface area (Å²) < 4.78 is 1.72. The fourth-order valence-corrected chi connectivity index (χ4v) is 4.61. The average Bonchev–Trinajstić information content (AvgIpc) is 2.71. The van der Waals surface area contributed by atoms with Crippen LogP contribution in [-0.4, -0.2) is 26.8 Å². The zero-order valence-electron chi connectivity index (χ0n) is 16.2. The molecule has 27 heavy (non-hydrogen) atoms. The lowest BCUT2D eigenvalue weighted by atomic mass is 9.85. The van der Waals surface area contributed by atoms with Crippen LogP contribution in [0, 0.1) is 5.92 Å². The maximum Gasteiger partial charge on any atom is 0.267 e. The molecule has 0 aliphatic heterocycles. The molecule has 5 heteroatoms. The van der Waals surface area contributed by atoms with Gasteiger partial charge in [-0.25, -0.2) is 4.68 Å². The van der Waals surface area contributed by atoms with Crippen LogP contribution in [0.4, 0.5) is 0 Å². The second kappa shape index (κ2) is 8.34. The molecule has 2 aliphatic rings. The summed E-state index contributed by atoms with van der Waals surface area (Å²) in [5.74, 6) is 0.893. The Morgan fingerprint density at radius 3 is 2.19 bits per heavy atom. The van der Waals surface area contributed by atoms with Crippen LogP contribution < -0.4 is 10.9 Å². The van der Waals surface area contributed by atoms with Gasteiger partial charge < -0.3 is 5.32 Å². The fourth-order valence-electron chi connectivity index (χ4n) is 4.61. The minimum absolute atomic E-state index is 0.00508. The van der Waals surface area contributed by atoms with Crippen molar-refractivity contribution in [3.8, 4) is 11.3 Å². The third-order valence-electron chi connectivity index (χ3n) is 6.33. The van der Waals surface area contributed by atoms with Crippen molar-refractivity contribution in [3.05, 3.63) is 47.0 Å². The van der Waals surface area contributed by atoms with Crippen molar-refractivity contribution < 1.29 is 0 Å². The third kappa shape index (κ3) is 4.46. The number of nitrogens with one attached hydrogen (secondary N) is 1. The van der Waals surface area contributed by atoms with Gasteiger partial charge in [0.25, 0.3) is 5.56 Å². The van der Waals surface area contributed by atoms with Crippen LogP contribution in [-0.2, 0) is 0 Å². The van der Waals surface area contributed by atoms with Gasteiger partial charge in [-0.1, -0.05) is 6.92 Å². The highest BCUT2D eigenvalue weighted by molar-refractivity contribution is 5.57. The van der Waals surface area contributed by atoms with E-state index < -0.39 is 0 Å². The van der Waals surface area contributed by atoms with Gasteiger partial charge in [-0.2, -0.15) is 5.10 Å². The van der Waals surface area contributed by atoms with Gasteiger partial charge in [0.15, 0.2) is 0 Å². The van der Waals surface area contributed by atoms with Crippen molar-refractivity contribution in [2.75, 3.05) is 0 Å². The van der Waals surface area contributed by atoms with Crippen LogP contribution in [0.15, 0.2) is 41.5 Å². The number of nitrogens with zero attached hydrogens (tertiary/aromatic N) is 3. The van der Waals surface area contributed by atoms with E-state index in [0.717, 1.165) is 42.9 Å². The molecular formula is C22H30N4O. The molecule has 5 nitrogen and oxygen atoms in total. The van der Waals surface area contributed by atoms with Crippen LogP contribution >= 0.6 is 0 Å². The molecule has 0 atom stereocenters. The molecule has 0 bridgehead atoms. The molecule has 2 aromatic rings. The van der Waals surface area contributed by atoms with E-state index in [4.69, 9.17) is 0 Å². The van der Waals surface area contributed by atoms with E-state index in [1.807, 2.05) is 18.2 Å². The highest BCUT2D eigenvalue weighted by Gasteiger charge is 2.27. The molecule has 2 aliphatic carbocycles. The molecule has 144 valence electrons. The molecule has 0 spiro atoms. The Bertz CT molecular complexity index is 787. The topological polar surface area (TPSA) is 59.8 Å². The molecule has 4 rings (SSSR count). The summed E-state index contributed by atoms with van der Waals surface area (Å²) >= 11 is 0. The molecular weight excluding hydrogens is 336 g/mol. The van der Waals surface area contributed by atoms with Crippen molar-refractivity contribution >= 4 is 0 Å². The summed E-state index contributed by atoms with van der Waals surface area (Å²) in [6, 6.07) is 8.83. The number of rotatable bonds is 4. The quantitative estimate of drug-likeness (QED) is 0.890. The van der Waals surface area contributed by atoms with Crippen molar-refractivity contribution in [1.82, 2.24) is 20.1 Å². The predicted molar refractivity (Wildman–Crippen MR) is 108 cm³/mol. The third-order valence-corrected chi connectivity index (χ3v) is 6.33. The number of hydrogen-bond acceptors (Lipinski definition) is 4. The molecule has 0 aromatic carbocycles. The monoisotopic (exact) mass is 366 g/mol. The van der Waals surface area contributed by atoms with Gasteiger partial charge in [0, 0.05) is 36.1 Å². The Labute approximate surface area is 161 Å². The lowest BCUT2D eigenvalue weighted by Crippen LogP contribution is -2.43. The number of aromatic nitrogens is 3. The summed E-state index contributed by atoms with van der Waals surface area (Å²) in [5.41, 5.74) is 1.85. The summed E-state index contributed by atoms with van der Waals surface area (Å²) in [4.78, 5) is 16.5. The molecule has 2 fully saturated rings. The molecule has 0 amide bonds. The Balaban J connectivity index is 1.39. The van der Waals surface area contributed by atoms with Crippen LogP contribution in [0.5, 0.6) is 0 Å². The maximum atomic E-state index is 12.4. The normalized spacial score (nSPS) is 28.8. The largest absolute Gasteiger partial charge is 0.311 e. The van der Waals surface area contributed by atoms with E-state index in [2.05, 4.69) is 22.3 Å². The lowest BCUT2D eigenvalue weighted by Gasteiger charge is -2.35. The van der Waals surface area contributed by atoms with Crippen molar-refractivity contribution in [2.24, 2.45) is 5.92 Å². The SMILES string of the molecule is CC1CCC(NC2CCC(n3nc(-c4ccncc4)ccc3=O)CC2)CC1. The summed E-state index contributed by atoms with van der Waals surface area (Å²) in [5, 5.41) is 8.56.